The molecule has 28 heavy (non-hydrogen) atoms. The third-order valence-electron chi connectivity index (χ3n) is 5.02. The Kier molecular flexibility index (Phi) is 5.44. The summed E-state index contributed by atoms with van der Waals surface area (Å²) in [5, 5.41) is 5.48. The molecule has 0 radical (unpaired) electrons. The number of rotatable bonds is 6. The molecule has 146 valence electrons. The lowest BCUT2D eigenvalue weighted by atomic mass is 9.97. The average Bonchev–Trinajstić information content (AvgIpc) is 2.92. The van der Waals surface area contributed by atoms with Crippen LogP contribution < -0.4 is 10.6 Å². The zero-order valence-electron chi connectivity index (χ0n) is 16.2. The fraction of sp³-hybridized carbons (Fsp3) is 0.333. The first-order valence-corrected chi connectivity index (χ1v) is 9.29. The molecular weight excluding hydrogens is 356 g/mol. The summed E-state index contributed by atoms with van der Waals surface area (Å²) in [5.41, 5.74) is 1.33. The van der Waals surface area contributed by atoms with Crippen LogP contribution in [0.4, 0.5) is 4.79 Å². The van der Waals surface area contributed by atoms with E-state index in [1.807, 2.05) is 31.2 Å². The number of pyridine rings is 1. The predicted molar refractivity (Wildman–Crippen MR) is 104 cm³/mol. The molecule has 2 atom stereocenters. The molecule has 4 amide bonds. The van der Waals surface area contributed by atoms with Crippen molar-refractivity contribution in [1.29, 1.82) is 0 Å². The van der Waals surface area contributed by atoms with Crippen molar-refractivity contribution >= 4 is 17.8 Å². The van der Waals surface area contributed by atoms with E-state index < -0.39 is 23.4 Å². The molecule has 0 spiro atoms. The molecule has 2 unspecified atom stereocenters. The minimum absolute atomic E-state index is 0.235. The summed E-state index contributed by atoms with van der Waals surface area (Å²) in [6.07, 6.45) is 2.50. The predicted octanol–water partition coefficient (Wildman–Crippen LogP) is 2.29. The van der Waals surface area contributed by atoms with Gasteiger partial charge in [0, 0.05) is 6.20 Å². The van der Waals surface area contributed by atoms with Crippen LogP contribution in [0.15, 0.2) is 48.7 Å². The first-order valence-electron chi connectivity index (χ1n) is 9.29. The number of nitrogens with zero attached hydrogens (tertiary/aromatic N) is 2. The topological polar surface area (TPSA) is 91.4 Å². The fourth-order valence-corrected chi connectivity index (χ4v) is 3.23. The Morgan fingerprint density at radius 2 is 1.93 bits per heavy atom. The van der Waals surface area contributed by atoms with E-state index >= 15 is 0 Å². The lowest BCUT2D eigenvalue weighted by molar-refractivity contribution is -0.135. The lowest BCUT2D eigenvalue weighted by Gasteiger charge is -2.21. The SMILES string of the molecule is CCc1ccc(C(C)NC(=O)CN2C(=O)NC(C)(c3ccccn3)C2=O)cc1. The van der Waals surface area contributed by atoms with Gasteiger partial charge in [-0.3, -0.25) is 19.5 Å². The van der Waals surface area contributed by atoms with E-state index in [1.165, 1.54) is 5.56 Å². The summed E-state index contributed by atoms with van der Waals surface area (Å²) in [7, 11) is 0. The van der Waals surface area contributed by atoms with E-state index in [0.29, 0.717) is 5.69 Å². The van der Waals surface area contributed by atoms with Crippen LogP contribution in [-0.2, 0) is 21.5 Å². The molecule has 3 rings (SSSR count). The molecule has 1 aliphatic rings. The molecule has 0 bridgehead atoms. The highest BCUT2D eigenvalue weighted by Crippen LogP contribution is 2.27. The largest absolute Gasteiger partial charge is 0.348 e. The molecule has 2 heterocycles. The van der Waals surface area contributed by atoms with Crippen LogP contribution in [0.25, 0.3) is 0 Å². The van der Waals surface area contributed by atoms with E-state index in [9.17, 15) is 14.4 Å². The van der Waals surface area contributed by atoms with Gasteiger partial charge in [-0.15, -0.1) is 0 Å². The number of aryl methyl sites for hydroxylation is 1. The van der Waals surface area contributed by atoms with Crippen LogP contribution in [0, 0.1) is 0 Å². The Hall–Kier alpha value is -3.22. The second kappa shape index (κ2) is 7.80. The zero-order chi connectivity index (χ0) is 20.3. The molecule has 7 nitrogen and oxygen atoms in total. The van der Waals surface area contributed by atoms with Gasteiger partial charge in [0.05, 0.1) is 11.7 Å². The highest BCUT2D eigenvalue weighted by molar-refractivity contribution is 6.08. The van der Waals surface area contributed by atoms with Crippen LogP contribution in [0.3, 0.4) is 0 Å². The molecule has 1 aromatic heterocycles. The van der Waals surface area contributed by atoms with Crippen LogP contribution >= 0.6 is 0 Å². The summed E-state index contributed by atoms with van der Waals surface area (Å²) in [4.78, 5) is 42.7. The number of carbonyl (C=O) groups is 3. The number of hydrogen-bond acceptors (Lipinski definition) is 4. The number of hydrogen-bond donors (Lipinski definition) is 2. The van der Waals surface area contributed by atoms with Gasteiger partial charge in [0.2, 0.25) is 5.91 Å². The fourth-order valence-electron chi connectivity index (χ4n) is 3.23. The third-order valence-corrected chi connectivity index (χ3v) is 5.02. The summed E-state index contributed by atoms with van der Waals surface area (Å²) >= 11 is 0. The van der Waals surface area contributed by atoms with Crippen LogP contribution in [0.5, 0.6) is 0 Å². The van der Waals surface area contributed by atoms with Crippen molar-refractivity contribution in [3.05, 3.63) is 65.5 Å². The summed E-state index contributed by atoms with van der Waals surface area (Å²) in [6, 6.07) is 12.3. The van der Waals surface area contributed by atoms with Gasteiger partial charge in [0.25, 0.3) is 5.91 Å². The quantitative estimate of drug-likeness (QED) is 0.752. The van der Waals surface area contributed by atoms with E-state index in [0.717, 1.165) is 16.9 Å². The molecule has 0 saturated carbocycles. The standard InChI is InChI=1S/C21H24N4O3/c1-4-15-8-10-16(11-9-15)14(2)23-18(26)13-25-19(27)21(3,24-20(25)28)17-7-5-6-12-22-17/h5-12,14H,4,13H2,1-3H3,(H,23,26)(H,24,28). The van der Waals surface area contributed by atoms with Gasteiger partial charge in [0.15, 0.2) is 5.54 Å². The third kappa shape index (κ3) is 3.74. The number of nitrogens with one attached hydrogen (secondary N) is 2. The molecule has 1 saturated heterocycles. The van der Waals surface area contributed by atoms with Crippen LogP contribution in [0.2, 0.25) is 0 Å². The first kappa shape index (κ1) is 19.5. The minimum Gasteiger partial charge on any atom is -0.348 e. The molecule has 2 aromatic rings. The average molecular weight is 380 g/mol. The minimum atomic E-state index is -1.28. The zero-order valence-corrected chi connectivity index (χ0v) is 16.2. The van der Waals surface area contributed by atoms with Crippen molar-refractivity contribution in [1.82, 2.24) is 20.5 Å². The van der Waals surface area contributed by atoms with E-state index in [2.05, 4.69) is 22.5 Å². The molecule has 1 fully saturated rings. The number of amides is 4. The van der Waals surface area contributed by atoms with Gasteiger partial charge in [-0.1, -0.05) is 37.3 Å². The maximum Gasteiger partial charge on any atom is 0.325 e. The Morgan fingerprint density at radius 3 is 2.54 bits per heavy atom. The van der Waals surface area contributed by atoms with Gasteiger partial charge in [-0.05, 0) is 43.5 Å². The van der Waals surface area contributed by atoms with Crippen molar-refractivity contribution in [2.75, 3.05) is 6.54 Å². The van der Waals surface area contributed by atoms with Gasteiger partial charge in [-0.25, -0.2) is 4.79 Å². The van der Waals surface area contributed by atoms with Crippen molar-refractivity contribution < 1.29 is 14.4 Å². The van der Waals surface area contributed by atoms with E-state index in [4.69, 9.17) is 0 Å². The molecule has 7 heteroatoms. The monoisotopic (exact) mass is 380 g/mol. The number of urea groups is 1. The second-order valence-electron chi connectivity index (χ2n) is 7.05. The van der Waals surface area contributed by atoms with Crippen molar-refractivity contribution in [2.45, 2.75) is 38.8 Å². The highest BCUT2D eigenvalue weighted by Gasteiger charge is 2.50. The Morgan fingerprint density at radius 1 is 1.21 bits per heavy atom. The number of carbonyl (C=O) groups excluding carboxylic acids is 3. The summed E-state index contributed by atoms with van der Waals surface area (Å²) in [5.74, 6) is -0.896. The molecule has 1 aliphatic heterocycles. The van der Waals surface area contributed by atoms with Gasteiger partial charge in [-0.2, -0.15) is 0 Å². The maximum atomic E-state index is 12.8. The number of imide groups is 1. The van der Waals surface area contributed by atoms with Gasteiger partial charge < -0.3 is 10.6 Å². The smallest absolute Gasteiger partial charge is 0.325 e. The van der Waals surface area contributed by atoms with Gasteiger partial charge >= 0.3 is 6.03 Å². The second-order valence-corrected chi connectivity index (χ2v) is 7.05. The molecule has 2 N–H and O–H groups in total. The van der Waals surface area contributed by atoms with Crippen molar-refractivity contribution in [3.8, 4) is 0 Å². The summed E-state index contributed by atoms with van der Waals surface area (Å²) < 4.78 is 0. The maximum absolute atomic E-state index is 12.8. The Balaban J connectivity index is 1.66. The van der Waals surface area contributed by atoms with Crippen molar-refractivity contribution in [2.24, 2.45) is 0 Å². The van der Waals surface area contributed by atoms with E-state index in [1.54, 1.807) is 31.3 Å². The Bertz CT molecular complexity index is 882. The van der Waals surface area contributed by atoms with Crippen LogP contribution in [0.1, 0.15) is 43.6 Å². The van der Waals surface area contributed by atoms with Crippen LogP contribution in [-0.4, -0.2) is 34.3 Å². The van der Waals surface area contributed by atoms with Crippen molar-refractivity contribution in [3.63, 3.8) is 0 Å². The molecular formula is C21H24N4O3. The molecule has 0 aliphatic carbocycles. The normalized spacial score (nSPS) is 20.0. The number of benzene rings is 1. The van der Waals surface area contributed by atoms with E-state index in [-0.39, 0.29) is 12.6 Å². The lowest BCUT2D eigenvalue weighted by Crippen LogP contribution is -2.44. The number of aromatic nitrogens is 1. The summed E-state index contributed by atoms with van der Waals surface area (Å²) in [6.45, 7) is 5.19. The van der Waals surface area contributed by atoms with Gasteiger partial charge in [0.1, 0.15) is 6.54 Å². The molecule has 1 aromatic carbocycles. The highest BCUT2D eigenvalue weighted by atomic mass is 16.2. The Labute approximate surface area is 164 Å². The first-order chi connectivity index (χ1) is 13.3.